The lowest BCUT2D eigenvalue weighted by Gasteiger charge is -2.23. The van der Waals surface area contributed by atoms with Gasteiger partial charge in [0.1, 0.15) is 12.2 Å². The number of nitrogens with zero attached hydrogens (tertiary/aromatic N) is 4. The average Bonchev–Trinajstić information content (AvgIpc) is 3.45. The molecule has 2 aromatic carbocycles. The molecule has 2 amide bonds. The second-order valence-electron chi connectivity index (χ2n) is 11.3. The van der Waals surface area contributed by atoms with E-state index in [9.17, 15) is 29.8 Å². The fraction of sp³-hybridized carbons (Fsp3) is 0.500. The molecule has 0 N–H and O–H groups in total. The number of non-ortho nitro benzene ring substituents is 2. The van der Waals surface area contributed by atoms with Gasteiger partial charge in [-0.05, 0) is 51.0 Å². The highest BCUT2D eigenvalue weighted by molar-refractivity contribution is 5.98. The predicted octanol–water partition coefficient (Wildman–Crippen LogP) is 3.62. The zero-order valence-electron chi connectivity index (χ0n) is 24.3. The van der Waals surface area contributed by atoms with Gasteiger partial charge in [-0.2, -0.15) is 0 Å². The summed E-state index contributed by atoms with van der Waals surface area (Å²) in [6.07, 6.45) is -0.775. The Balaban J connectivity index is 1.64. The molecule has 14 heteroatoms. The molecule has 2 aliphatic heterocycles. The molecule has 0 saturated carbocycles. The number of hydrogen-bond donors (Lipinski definition) is 0. The number of amides is 2. The molecule has 2 atom stereocenters. The maximum absolute atomic E-state index is 13.3. The van der Waals surface area contributed by atoms with Crippen LogP contribution in [-0.2, 0) is 18.9 Å². The second-order valence-corrected chi connectivity index (χ2v) is 11.3. The number of rotatable bonds is 9. The highest BCUT2D eigenvalue weighted by Crippen LogP contribution is 2.32. The number of carbonyl (C=O) groups excluding carboxylic acids is 2. The van der Waals surface area contributed by atoms with Gasteiger partial charge in [0.05, 0.1) is 23.1 Å². The van der Waals surface area contributed by atoms with E-state index in [0.29, 0.717) is 0 Å². The van der Waals surface area contributed by atoms with Crippen molar-refractivity contribution in [1.82, 2.24) is 9.80 Å². The van der Waals surface area contributed by atoms with Crippen LogP contribution < -0.4 is 0 Å². The normalized spacial score (nSPS) is 20.7. The van der Waals surface area contributed by atoms with Gasteiger partial charge < -0.3 is 28.7 Å². The molecular weight excluding hydrogens is 552 g/mol. The molecule has 2 heterocycles. The molecule has 0 aliphatic carbocycles. The number of nitro groups is 2. The summed E-state index contributed by atoms with van der Waals surface area (Å²) in [5.74, 6) is -2.60. The average molecular weight is 587 g/mol. The smallest absolute Gasteiger partial charge is 0.270 e. The number of hydrogen-bond acceptors (Lipinski definition) is 10. The fourth-order valence-electron chi connectivity index (χ4n) is 4.94. The van der Waals surface area contributed by atoms with Gasteiger partial charge in [-0.1, -0.05) is 0 Å². The van der Waals surface area contributed by atoms with Crippen molar-refractivity contribution in [2.24, 2.45) is 0 Å². The monoisotopic (exact) mass is 586 g/mol. The van der Waals surface area contributed by atoms with Crippen LogP contribution in [0.5, 0.6) is 0 Å². The van der Waals surface area contributed by atoms with Gasteiger partial charge in [0.2, 0.25) is 0 Å². The summed E-state index contributed by atoms with van der Waals surface area (Å²) in [6.45, 7) is 7.95. The zero-order valence-corrected chi connectivity index (χ0v) is 24.3. The minimum absolute atomic E-state index is 0.00243. The van der Waals surface area contributed by atoms with E-state index in [0.717, 1.165) is 12.1 Å². The van der Waals surface area contributed by atoms with Crippen molar-refractivity contribution >= 4 is 23.2 Å². The van der Waals surface area contributed by atoms with Crippen molar-refractivity contribution in [3.63, 3.8) is 0 Å². The number of likely N-dealkylation sites (N-methyl/N-ethyl adjacent to an activating group) is 2. The van der Waals surface area contributed by atoms with Crippen molar-refractivity contribution in [2.75, 3.05) is 40.4 Å². The van der Waals surface area contributed by atoms with Crippen LogP contribution in [0.25, 0.3) is 11.1 Å². The van der Waals surface area contributed by atoms with Crippen molar-refractivity contribution in [3.8, 4) is 11.1 Å². The maximum atomic E-state index is 13.3. The first kappa shape index (κ1) is 31.0. The Kier molecular flexibility index (Phi) is 8.64. The van der Waals surface area contributed by atoms with Crippen LogP contribution in [0.3, 0.4) is 0 Å². The minimum Gasteiger partial charge on any atom is -0.348 e. The van der Waals surface area contributed by atoms with Crippen LogP contribution in [-0.4, -0.2) is 95.6 Å². The molecule has 226 valence electrons. The molecule has 0 bridgehead atoms. The van der Waals surface area contributed by atoms with Crippen molar-refractivity contribution < 1.29 is 38.4 Å². The summed E-state index contributed by atoms with van der Waals surface area (Å²) >= 11 is 0. The summed E-state index contributed by atoms with van der Waals surface area (Å²) in [5, 5.41) is 23.6. The number of ether oxygens (including phenoxy) is 4. The quantitative estimate of drug-likeness (QED) is 0.313. The lowest BCUT2D eigenvalue weighted by atomic mass is 9.98. The topological polar surface area (TPSA) is 164 Å². The summed E-state index contributed by atoms with van der Waals surface area (Å²) in [6, 6.07) is 7.50. The van der Waals surface area contributed by atoms with E-state index >= 15 is 0 Å². The molecule has 0 unspecified atom stereocenters. The van der Waals surface area contributed by atoms with Crippen LogP contribution in [0.4, 0.5) is 11.4 Å². The summed E-state index contributed by atoms with van der Waals surface area (Å²) < 4.78 is 22.6. The Hall–Kier alpha value is -3.98. The van der Waals surface area contributed by atoms with Crippen LogP contribution in [0, 0.1) is 20.2 Å². The largest absolute Gasteiger partial charge is 0.348 e. The SMILES string of the molecule is CN(C[C@@H]1COC(C)(C)O1)C(=O)c1cc(-c2cc(C(=O)N(C)C[C@@H]3COC(C)(C)O3)cc([N+](=O)[O-])c2)cc([N+](=O)[O-])c1. The number of carbonyl (C=O) groups is 2. The lowest BCUT2D eigenvalue weighted by molar-refractivity contribution is -0.385. The fourth-order valence-corrected chi connectivity index (χ4v) is 4.94. The molecule has 2 aromatic rings. The van der Waals surface area contributed by atoms with Gasteiger partial charge in [-0.3, -0.25) is 29.8 Å². The van der Waals surface area contributed by atoms with Crippen molar-refractivity contribution in [3.05, 3.63) is 67.8 Å². The standard InChI is InChI=1S/C28H34N4O10/c1-27(2)39-15-23(41-27)13-29(5)25(33)19-7-17(9-21(11-19)31(35)36)18-8-20(12-22(10-18)32(37)38)26(34)30(6)14-24-16-40-28(3,4)42-24/h7-12,23-24H,13-16H2,1-6H3/t23-,24-/m1/s1. The third-order valence-corrected chi connectivity index (χ3v) is 6.87. The van der Waals surface area contributed by atoms with Crippen molar-refractivity contribution in [1.29, 1.82) is 0 Å². The van der Waals surface area contributed by atoms with E-state index in [4.69, 9.17) is 18.9 Å². The van der Waals surface area contributed by atoms with E-state index in [1.165, 1.54) is 48.2 Å². The van der Waals surface area contributed by atoms with Gasteiger partial charge in [-0.15, -0.1) is 0 Å². The molecule has 0 spiro atoms. The number of nitro benzene ring substituents is 2. The Labute approximate surface area is 242 Å². The van der Waals surface area contributed by atoms with E-state index in [2.05, 4.69) is 0 Å². The van der Waals surface area contributed by atoms with E-state index in [1.54, 1.807) is 27.7 Å². The summed E-state index contributed by atoms with van der Waals surface area (Å²) in [4.78, 5) is 51.6. The summed E-state index contributed by atoms with van der Waals surface area (Å²) in [5.41, 5.74) is -0.448. The highest BCUT2D eigenvalue weighted by atomic mass is 16.7. The molecule has 0 radical (unpaired) electrons. The maximum Gasteiger partial charge on any atom is 0.270 e. The van der Waals surface area contributed by atoms with Gasteiger partial charge in [0.15, 0.2) is 11.6 Å². The Morgan fingerprint density at radius 2 is 1.10 bits per heavy atom. The molecule has 2 aliphatic rings. The van der Waals surface area contributed by atoms with Gasteiger partial charge in [-0.25, -0.2) is 0 Å². The first-order valence-electron chi connectivity index (χ1n) is 13.3. The second kappa shape index (κ2) is 11.7. The molecule has 2 saturated heterocycles. The Bertz CT molecular complexity index is 1300. The first-order chi connectivity index (χ1) is 19.5. The third kappa shape index (κ3) is 7.26. The van der Waals surface area contributed by atoms with Gasteiger partial charge >= 0.3 is 0 Å². The molecule has 2 fully saturated rings. The van der Waals surface area contributed by atoms with Gasteiger partial charge in [0, 0.05) is 62.6 Å². The van der Waals surface area contributed by atoms with E-state index in [-0.39, 0.29) is 72.1 Å². The van der Waals surface area contributed by atoms with Crippen LogP contribution in [0.1, 0.15) is 48.4 Å². The molecule has 42 heavy (non-hydrogen) atoms. The predicted molar refractivity (Wildman–Crippen MR) is 149 cm³/mol. The molecule has 4 rings (SSSR count). The number of benzene rings is 2. The molecular formula is C28H34N4O10. The zero-order chi connectivity index (χ0) is 31.0. The highest BCUT2D eigenvalue weighted by Gasteiger charge is 2.35. The van der Waals surface area contributed by atoms with E-state index < -0.39 is 33.2 Å². The Morgan fingerprint density at radius 3 is 1.38 bits per heavy atom. The minimum atomic E-state index is -0.785. The van der Waals surface area contributed by atoms with Crippen molar-refractivity contribution in [2.45, 2.75) is 51.5 Å². The summed E-state index contributed by atoms with van der Waals surface area (Å²) in [7, 11) is 3.07. The Morgan fingerprint density at radius 1 is 0.738 bits per heavy atom. The molecule has 0 aromatic heterocycles. The van der Waals surface area contributed by atoms with E-state index in [1.807, 2.05) is 0 Å². The lowest BCUT2D eigenvalue weighted by Crippen LogP contribution is -2.36. The van der Waals surface area contributed by atoms with Crippen LogP contribution >= 0.6 is 0 Å². The van der Waals surface area contributed by atoms with Gasteiger partial charge in [0.25, 0.3) is 23.2 Å². The van der Waals surface area contributed by atoms with Crippen LogP contribution in [0.2, 0.25) is 0 Å². The third-order valence-electron chi connectivity index (χ3n) is 6.87. The first-order valence-corrected chi connectivity index (χ1v) is 13.3. The molecule has 14 nitrogen and oxygen atoms in total. The van der Waals surface area contributed by atoms with Crippen LogP contribution in [0.15, 0.2) is 36.4 Å².